The maximum atomic E-state index is 12.9. The summed E-state index contributed by atoms with van der Waals surface area (Å²) >= 11 is 0. The Bertz CT molecular complexity index is 763. The van der Waals surface area contributed by atoms with Crippen molar-refractivity contribution in [2.24, 2.45) is 0 Å². The van der Waals surface area contributed by atoms with Gasteiger partial charge in [0.25, 0.3) is 5.91 Å². The van der Waals surface area contributed by atoms with Crippen molar-refractivity contribution in [3.8, 4) is 0 Å². The maximum Gasteiger partial charge on any atom is 0.323 e. The van der Waals surface area contributed by atoms with Crippen molar-refractivity contribution in [1.29, 1.82) is 0 Å². The predicted molar refractivity (Wildman–Crippen MR) is 110 cm³/mol. The highest BCUT2D eigenvalue weighted by Gasteiger charge is 2.17. The second-order valence-electron chi connectivity index (χ2n) is 7.94. The maximum absolute atomic E-state index is 12.9. The Labute approximate surface area is 161 Å². The summed E-state index contributed by atoms with van der Waals surface area (Å²) in [6.45, 7) is 0. The van der Waals surface area contributed by atoms with Gasteiger partial charge in [0.2, 0.25) is 0 Å². The summed E-state index contributed by atoms with van der Waals surface area (Å²) in [6, 6.07) is 5.63. The van der Waals surface area contributed by atoms with Crippen LogP contribution in [-0.2, 0) is 0 Å². The van der Waals surface area contributed by atoms with E-state index in [4.69, 9.17) is 0 Å². The zero-order valence-corrected chi connectivity index (χ0v) is 16.3. The van der Waals surface area contributed by atoms with Gasteiger partial charge in [0, 0.05) is 6.04 Å². The van der Waals surface area contributed by atoms with Crippen LogP contribution in [0.4, 0.5) is 0 Å². The quantitative estimate of drug-likeness (QED) is 0.691. The average Bonchev–Trinajstić information content (AvgIpc) is 3.04. The number of benzene rings is 1. The Kier molecular flexibility index (Phi) is 7.55. The summed E-state index contributed by atoms with van der Waals surface area (Å²) in [5.41, 5.74) is 1.55. The van der Waals surface area contributed by atoms with Crippen molar-refractivity contribution in [3.63, 3.8) is 0 Å². The van der Waals surface area contributed by atoms with E-state index in [0.717, 1.165) is 12.8 Å². The number of imidazole rings is 1. The normalized spacial score (nSPS) is 18.8. The molecule has 1 heterocycles. The van der Waals surface area contributed by atoms with Crippen molar-refractivity contribution in [2.75, 3.05) is 0 Å². The summed E-state index contributed by atoms with van der Waals surface area (Å²) in [6.07, 6.45) is 16.4. The van der Waals surface area contributed by atoms with Crippen LogP contribution in [0.15, 0.2) is 23.0 Å². The minimum Gasteiger partial charge on any atom is -0.349 e. The summed E-state index contributed by atoms with van der Waals surface area (Å²) in [4.78, 5) is 29.9. The summed E-state index contributed by atoms with van der Waals surface area (Å²) < 4.78 is 0. The van der Waals surface area contributed by atoms with Crippen molar-refractivity contribution >= 4 is 16.9 Å². The van der Waals surface area contributed by atoms with Gasteiger partial charge in [0.05, 0.1) is 16.6 Å². The van der Waals surface area contributed by atoms with E-state index in [-0.39, 0.29) is 17.6 Å². The molecule has 1 amide bonds. The monoisotopic (exact) mass is 371 g/mol. The number of carbonyl (C=O) groups excluding carboxylic acids is 1. The molecule has 1 aliphatic carbocycles. The molecular weight excluding hydrogens is 338 g/mol. The Balaban J connectivity index is 1.62. The van der Waals surface area contributed by atoms with Gasteiger partial charge in [-0.1, -0.05) is 76.7 Å². The number of amides is 1. The van der Waals surface area contributed by atoms with E-state index in [1.807, 2.05) is 12.1 Å². The van der Waals surface area contributed by atoms with Crippen LogP contribution in [0, 0.1) is 0 Å². The molecule has 0 saturated heterocycles. The van der Waals surface area contributed by atoms with Crippen LogP contribution in [0.25, 0.3) is 11.0 Å². The summed E-state index contributed by atoms with van der Waals surface area (Å²) in [7, 11) is 0. The average molecular weight is 372 g/mol. The molecule has 5 heteroatoms. The Morgan fingerprint density at radius 3 is 1.96 bits per heavy atom. The van der Waals surface area contributed by atoms with Gasteiger partial charge in [-0.3, -0.25) is 4.79 Å². The van der Waals surface area contributed by atoms with Crippen LogP contribution in [0.5, 0.6) is 0 Å². The number of aromatic nitrogens is 2. The van der Waals surface area contributed by atoms with Gasteiger partial charge < -0.3 is 15.3 Å². The zero-order chi connectivity index (χ0) is 18.9. The van der Waals surface area contributed by atoms with Gasteiger partial charge in [-0.15, -0.1) is 0 Å². The molecule has 3 N–H and O–H groups in total. The SMILES string of the molecule is O=C(NC1CCCCCCCCCCCCC1)c1cccc2[nH]c(=O)[nH]c12. The van der Waals surface area contributed by atoms with Crippen LogP contribution in [-0.4, -0.2) is 21.9 Å². The largest absolute Gasteiger partial charge is 0.349 e. The van der Waals surface area contributed by atoms with Crippen molar-refractivity contribution < 1.29 is 4.79 Å². The van der Waals surface area contributed by atoms with E-state index < -0.39 is 0 Å². The molecule has 3 rings (SSSR count). The molecule has 0 radical (unpaired) electrons. The molecule has 5 nitrogen and oxygen atoms in total. The molecule has 1 aromatic heterocycles. The lowest BCUT2D eigenvalue weighted by Crippen LogP contribution is -2.35. The highest BCUT2D eigenvalue weighted by atomic mass is 16.2. The molecule has 148 valence electrons. The Morgan fingerprint density at radius 1 is 0.815 bits per heavy atom. The van der Waals surface area contributed by atoms with E-state index in [1.165, 1.54) is 70.6 Å². The third-order valence-electron chi connectivity index (χ3n) is 5.74. The van der Waals surface area contributed by atoms with Crippen LogP contribution < -0.4 is 11.0 Å². The molecule has 1 saturated carbocycles. The first-order valence-corrected chi connectivity index (χ1v) is 10.8. The summed E-state index contributed by atoms with van der Waals surface area (Å²) in [5.74, 6) is -0.0815. The van der Waals surface area contributed by atoms with Crippen LogP contribution in [0.1, 0.15) is 93.8 Å². The van der Waals surface area contributed by atoms with E-state index in [2.05, 4.69) is 15.3 Å². The van der Waals surface area contributed by atoms with Crippen LogP contribution in [0.3, 0.4) is 0 Å². The lowest BCUT2D eigenvalue weighted by molar-refractivity contribution is 0.0933. The number of H-pyrrole nitrogens is 2. The number of nitrogens with one attached hydrogen (secondary N) is 3. The fourth-order valence-corrected chi connectivity index (χ4v) is 4.17. The lowest BCUT2D eigenvalue weighted by Gasteiger charge is -2.19. The van der Waals surface area contributed by atoms with Gasteiger partial charge in [-0.2, -0.15) is 0 Å². The van der Waals surface area contributed by atoms with Gasteiger partial charge in [0.1, 0.15) is 0 Å². The van der Waals surface area contributed by atoms with Crippen LogP contribution in [0.2, 0.25) is 0 Å². The molecule has 2 aromatic rings. The van der Waals surface area contributed by atoms with E-state index in [1.54, 1.807) is 6.07 Å². The lowest BCUT2D eigenvalue weighted by atomic mass is 9.98. The van der Waals surface area contributed by atoms with Crippen molar-refractivity contribution in [3.05, 3.63) is 34.2 Å². The van der Waals surface area contributed by atoms with Crippen molar-refractivity contribution in [1.82, 2.24) is 15.3 Å². The second kappa shape index (κ2) is 10.3. The molecule has 1 aromatic carbocycles. The van der Waals surface area contributed by atoms with E-state index >= 15 is 0 Å². The number of hydrogen-bond acceptors (Lipinski definition) is 2. The number of hydrogen-bond donors (Lipinski definition) is 3. The number of para-hydroxylation sites is 1. The topological polar surface area (TPSA) is 77.8 Å². The molecule has 0 unspecified atom stereocenters. The van der Waals surface area contributed by atoms with Gasteiger partial charge >= 0.3 is 5.69 Å². The fraction of sp³-hybridized carbons (Fsp3) is 0.636. The minimum atomic E-state index is -0.275. The van der Waals surface area contributed by atoms with Crippen molar-refractivity contribution in [2.45, 2.75) is 89.5 Å². The first-order valence-electron chi connectivity index (χ1n) is 10.8. The Hall–Kier alpha value is -2.04. The van der Waals surface area contributed by atoms with E-state index in [9.17, 15) is 9.59 Å². The molecule has 0 aliphatic heterocycles. The fourth-order valence-electron chi connectivity index (χ4n) is 4.17. The minimum absolute atomic E-state index is 0.0815. The molecular formula is C22H33N3O2. The van der Waals surface area contributed by atoms with Gasteiger partial charge in [-0.05, 0) is 25.0 Å². The Morgan fingerprint density at radius 2 is 1.37 bits per heavy atom. The highest BCUT2D eigenvalue weighted by Crippen LogP contribution is 2.18. The molecule has 1 aliphatic rings. The highest BCUT2D eigenvalue weighted by molar-refractivity contribution is 6.04. The molecule has 0 bridgehead atoms. The van der Waals surface area contributed by atoms with Crippen LogP contribution >= 0.6 is 0 Å². The standard InChI is InChI=1S/C22H33N3O2/c26-21(18-15-12-16-19-20(18)25-22(27)24-19)23-17-13-10-8-6-4-2-1-3-5-7-9-11-14-17/h12,15-17H,1-11,13-14H2,(H,23,26)(H2,24,25,27). The number of rotatable bonds is 2. The number of fused-ring (bicyclic) bond motifs is 1. The molecule has 0 spiro atoms. The van der Waals surface area contributed by atoms with E-state index in [0.29, 0.717) is 16.6 Å². The van der Waals surface area contributed by atoms with Gasteiger partial charge in [0.15, 0.2) is 0 Å². The first-order chi connectivity index (χ1) is 13.2. The predicted octanol–water partition coefficient (Wildman–Crippen LogP) is 5.04. The molecule has 0 atom stereocenters. The molecule has 27 heavy (non-hydrogen) atoms. The van der Waals surface area contributed by atoms with Gasteiger partial charge in [-0.25, -0.2) is 4.79 Å². The second-order valence-corrected chi connectivity index (χ2v) is 7.94. The smallest absolute Gasteiger partial charge is 0.323 e. The summed E-state index contributed by atoms with van der Waals surface area (Å²) in [5, 5.41) is 3.24. The molecule has 1 fully saturated rings. The third kappa shape index (κ3) is 5.98. The number of aromatic amines is 2. The number of carbonyl (C=O) groups is 1. The third-order valence-corrected chi connectivity index (χ3v) is 5.74. The first kappa shape index (κ1) is 19.7. The zero-order valence-electron chi connectivity index (χ0n) is 16.3.